The number of aryl methyl sites for hydroxylation is 1. The highest BCUT2D eigenvalue weighted by Gasteiger charge is 2.14. The van der Waals surface area contributed by atoms with Gasteiger partial charge in [-0.25, -0.2) is 18.1 Å². The Morgan fingerprint density at radius 3 is 2.65 bits per heavy atom. The lowest BCUT2D eigenvalue weighted by Crippen LogP contribution is -2.23. The molecule has 0 aliphatic carbocycles. The Morgan fingerprint density at radius 1 is 1.23 bits per heavy atom. The van der Waals surface area contributed by atoms with Crippen molar-refractivity contribution in [3.8, 4) is 5.82 Å². The number of carbonyl (C=O) groups excluding carboxylic acids is 1. The van der Waals surface area contributed by atoms with Gasteiger partial charge in [-0.15, -0.1) is 0 Å². The summed E-state index contributed by atoms with van der Waals surface area (Å²) in [5.74, 6) is 0.340. The Hall–Kier alpha value is -3.00. The molecule has 0 saturated heterocycles. The van der Waals surface area contributed by atoms with E-state index in [0.717, 1.165) is 11.8 Å². The number of carbonyl (C=O) groups is 1. The maximum Gasteiger partial charge on any atom is 0.251 e. The smallest absolute Gasteiger partial charge is 0.251 e. The van der Waals surface area contributed by atoms with Gasteiger partial charge in [0, 0.05) is 37.0 Å². The van der Waals surface area contributed by atoms with E-state index in [1.54, 1.807) is 42.3 Å². The zero-order valence-corrected chi connectivity index (χ0v) is 15.2. The predicted molar refractivity (Wildman–Crippen MR) is 96.8 cm³/mol. The second-order valence-corrected chi connectivity index (χ2v) is 7.89. The molecule has 0 fully saturated rings. The lowest BCUT2D eigenvalue weighted by Gasteiger charge is -2.09. The first kappa shape index (κ1) is 17.8. The summed E-state index contributed by atoms with van der Waals surface area (Å²) in [6, 6.07) is 10.1. The van der Waals surface area contributed by atoms with Crippen LogP contribution in [0.2, 0.25) is 0 Å². The molecule has 0 atom stereocenters. The van der Waals surface area contributed by atoms with Crippen molar-refractivity contribution in [1.29, 1.82) is 0 Å². The van der Waals surface area contributed by atoms with E-state index in [1.807, 2.05) is 18.2 Å². The molecule has 7 nitrogen and oxygen atoms in total. The molecule has 0 spiro atoms. The van der Waals surface area contributed by atoms with Gasteiger partial charge in [0.05, 0.1) is 4.90 Å². The molecule has 0 radical (unpaired) electrons. The first-order valence-corrected chi connectivity index (χ1v) is 9.77. The van der Waals surface area contributed by atoms with Crippen LogP contribution in [0.4, 0.5) is 0 Å². The van der Waals surface area contributed by atoms with Crippen molar-refractivity contribution in [3.05, 3.63) is 71.7 Å². The molecule has 0 bridgehead atoms. The molecule has 0 aliphatic rings. The van der Waals surface area contributed by atoms with Crippen LogP contribution in [-0.4, -0.2) is 35.3 Å². The number of nitrogens with zero attached hydrogens (tertiary/aromatic N) is 3. The zero-order chi connectivity index (χ0) is 18.7. The van der Waals surface area contributed by atoms with E-state index in [0.29, 0.717) is 16.9 Å². The van der Waals surface area contributed by atoms with E-state index in [2.05, 4.69) is 15.4 Å². The van der Waals surface area contributed by atoms with Gasteiger partial charge in [0.1, 0.15) is 0 Å². The van der Waals surface area contributed by atoms with Crippen LogP contribution in [0.1, 0.15) is 21.5 Å². The largest absolute Gasteiger partial charge is 0.348 e. The van der Waals surface area contributed by atoms with Crippen molar-refractivity contribution in [1.82, 2.24) is 20.1 Å². The van der Waals surface area contributed by atoms with Crippen molar-refractivity contribution in [2.24, 2.45) is 0 Å². The molecule has 0 aliphatic heterocycles. The van der Waals surface area contributed by atoms with Crippen LogP contribution in [0, 0.1) is 6.92 Å². The molecular weight excluding hydrogens is 352 g/mol. The number of aromatic nitrogens is 3. The van der Waals surface area contributed by atoms with Crippen LogP contribution in [0.5, 0.6) is 0 Å². The molecule has 1 amide bonds. The number of pyridine rings is 1. The number of amides is 1. The topological polar surface area (TPSA) is 93.9 Å². The average molecular weight is 370 g/mol. The first-order chi connectivity index (χ1) is 12.3. The quantitative estimate of drug-likeness (QED) is 0.740. The van der Waals surface area contributed by atoms with E-state index in [9.17, 15) is 13.2 Å². The fourth-order valence-corrected chi connectivity index (χ4v) is 3.48. The highest BCUT2D eigenvalue weighted by molar-refractivity contribution is 7.90. The van der Waals surface area contributed by atoms with Gasteiger partial charge >= 0.3 is 0 Å². The Morgan fingerprint density at radius 2 is 2.04 bits per heavy atom. The lowest BCUT2D eigenvalue weighted by molar-refractivity contribution is 0.0950. The SMILES string of the molecule is Cc1ccc(C(=O)NCc2ccc(-n3cccn3)nc2)cc1S(C)(=O)=O. The summed E-state index contributed by atoms with van der Waals surface area (Å²) in [6.07, 6.45) is 6.25. The molecule has 0 unspecified atom stereocenters. The standard InChI is InChI=1S/C18H18N4O3S/c1-13-4-6-15(10-16(13)26(2,24)25)18(23)20-12-14-5-7-17(19-11-14)22-9-3-8-21-22/h3-11H,12H2,1-2H3,(H,20,23). The van der Waals surface area contributed by atoms with E-state index >= 15 is 0 Å². The fourth-order valence-electron chi connectivity index (χ4n) is 2.49. The van der Waals surface area contributed by atoms with Crippen molar-refractivity contribution in [2.75, 3.05) is 6.26 Å². The Labute approximate surface area is 151 Å². The van der Waals surface area contributed by atoms with Gasteiger partial charge in [-0.05, 0) is 42.3 Å². The normalized spacial score (nSPS) is 11.3. The van der Waals surface area contributed by atoms with Crippen LogP contribution in [0.25, 0.3) is 5.82 Å². The number of rotatable bonds is 5. The summed E-state index contributed by atoms with van der Waals surface area (Å²) >= 11 is 0. The molecule has 3 rings (SSSR count). The minimum absolute atomic E-state index is 0.162. The monoisotopic (exact) mass is 370 g/mol. The molecule has 3 aromatic rings. The summed E-state index contributed by atoms with van der Waals surface area (Å²) in [7, 11) is -3.38. The van der Waals surface area contributed by atoms with Crippen molar-refractivity contribution in [2.45, 2.75) is 18.4 Å². The minimum atomic E-state index is -3.38. The maximum atomic E-state index is 12.3. The second kappa shape index (κ2) is 7.09. The summed E-state index contributed by atoms with van der Waals surface area (Å²) < 4.78 is 25.2. The minimum Gasteiger partial charge on any atom is -0.348 e. The van der Waals surface area contributed by atoms with Crippen LogP contribution in [0.15, 0.2) is 59.9 Å². The maximum absolute atomic E-state index is 12.3. The number of hydrogen-bond acceptors (Lipinski definition) is 5. The number of nitrogens with one attached hydrogen (secondary N) is 1. The van der Waals surface area contributed by atoms with Crippen LogP contribution < -0.4 is 5.32 Å². The van der Waals surface area contributed by atoms with Gasteiger partial charge in [-0.3, -0.25) is 4.79 Å². The van der Waals surface area contributed by atoms with Crippen molar-refractivity contribution < 1.29 is 13.2 Å². The molecule has 2 heterocycles. The van der Waals surface area contributed by atoms with E-state index < -0.39 is 9.84 Å². The lowest BCUT2D eigenvalue weighted by atomic mass is 10.1. The van der Waals surface area contributed by atoms with Gasteiger partial charge in [0.15, 0.2) is 15.7 Å². The van der Waals surface area contributed by atoms with Gasteiger partial charge in [-0.2, -0.15) is 5.10 Å². The molecule has 2 aromatic heterocycles. The summed E-state index contributed by atoms with van der Waals surface area (Å²) in [5.41, 5.74) is 1.74. The summed E-state index contributed by atoms with van der Waals surface area (Å²) in [6.45, 7) is 1.98. The number of benzene rings is 1. The van der Waals surface area contributed by atoms with E-state index in [1.165, 1.54) is 6.07 Å². The average Bonchev–Trinajstić information content (AvgIpc) is 3.14. The van der Waals surface area contributed by atoms with E-state index in [4.69, 9.17) is 0 Å². The Balaban J connectivity index is 1.69. The number of hydrogen-bond donors (Lipinski definition) is 1. The summed E-state index contributed by atoms with van der Waals surface area (Å²) in [5, 5.41) is 6.87. The van der Waals surface area contributed by atoms with Gasteiger partial charge in [-0.1, -0.05) is 12.1 Å². The fraction of sp³-hybridized carbons (Fsp3) is 0.167. The highest BCUT2D eigenvalue weighted by atomic mass is 32.2. The Kier molecular flexibility index (Phi) is 4.85. The van der Waals surface area contributed by atoms with Crippen molar-refractivity contribution >= 4 is 15.7 Å². The molecular formula is C18H18N4O3S. The Bertz CT molecular complexity index is 1030. The highest BCUT2D eigenvalue weighted by Crippen LogP contribution is 2.17. The molecule has 0 saturated carbocycles. The molecule has 134 valence electrons. The van der Waals surface area contributed by atoms with Crippen LogP contribution >= 0.6 is 0 Å². The first-order valence-electron chi connectivity index (χ1n) is 7.88. The molecule has 8 heteroatoms. The van der Waals surface area contributed by atoms with Gasteiger partial charge in [0.25, 0.3) is 5.91 Å². The van der Waals surface area contributed by atoms with Crippen LogP contribution in [-0.2, 0) is 16.4 Å². The summed E-state index contributed by atoms with van der Waals surface area (Å²) in [4.78, 5) is 16.8. The van der Waals surface area contributed by atoms with Gasteiger partial charge < -0.3 is 5.32 Å². The third kappa shape index (κ3) is 3.97. The molecule has 1 N–H and O–H groups in total. The number of sulfone groups is 1. The van der Waals surface area contributed by atoms with Gasteiger partial charge in [0.2, 0.25) is 0 Å². The third-order valence-electron chi connectivity index (χ3n) is 3.85. The van der Waals surface area contributed by atoms with E-state index in [-0.39, 0.29) is 17.3 Å². The van der Waals surface area contributed by atoms with Crippen molar-refractivity contribution in [3.63, 3.8) is 0 Å². The second-order valence-electron chi connectivity index (χ2n) is 5.91. The predicted octanol–water partition coefficient (Wildman–Crippen LogP) is 1.91. The zero-order valence-electron chi connectivity index (χ0n) is 14.4. The molecule has 1 aromatic carbocycles. The molecule has 26 heavy (non-hydrogen) atoms. The van der Waals surface area contributed by atoms with Crippen LogP contribution in [0.3, 0.4) is 0 Å². The third-order valence-corrected chi connectivity index (χ3v) is 5.09.